The van der Waals surface area contributed by atoms with Crippen LogP contribution in [0.4, 0.5) is 0 Å². The molecule has 0 aliphatic carbocycles. The van der Waals surface area contributed by atoms with Crippen LogP contribution in [0.2, 0.25) is 0 Å². The molecule has 0 bridgehead atoms. The van der Waals surface area contributed by atoms with Crippen molar-refractivity contribution in [2.75, 3.05) is 26.7 Å². The van der Waals surface area contributed by atoms with Crippen LogP contribution in [0.15, 0.2) is 23.1 Å². The largest absolute Gasteiger partial charge is 0.496 e. The van der Waals surface area contributed by atoms with Gasteiger partial charge in [0.1, 0.15) is 5.75 Å². The van der Waals surface area contributed by atoms with Gasteiger partial charge in [0.05, 0.1) is 17.6 Å². The summed E-state index contributed by atoms with van der Waals surface area (Å²) in [6.07, 6.45) is 2.17. The Hall–Kier alpha value is -1.31. The SMILES string of the molecule is CCN1CCCC1CNC(=O)c1cc(S(=O)(=O)Cl)ccc1OC. The minimum Gasteiger partial charge on any atom is -0.496 e. The Labute approximate surface area is 141 Å². The van der Waals surface area contributed by atoms with Crippen LogP contribution in [0.5, 0.6) is 5.75 Å². The van der Waals surface area contributed by atoms with Gasteiger partial charge in [0.2, 0.25) is 0 Å². The summed E-state index contributed by atoms with van der Waals surface area (Å²) in [4.78, 5) is 14.6. The molecule has 1 aromatic rings. The molecular formula is C15H21ClN2O4S. The zero-order valence-corrected chi connectivity index (χ0v) is 14.8. The average molecular weight is 361 g/mol. The molecule has 1 aliphatic heterocycles. The standard InChI is InChI=1S/C15H21ClN2O4S/c1-3-18-8-4-5-11(18)10-17-15(19)13-9-12(23(16,20)21)6-7-14(13)22-2/h6-7,9,11H,3-5,8,10H2,1-2H3,(H,17,19). The maximum Gasteiger partial charge on any atom is 0.261 e. The summed E-state index contributed by atoms with van der Waals surface area (Å²) in [5, 5.41) is 2.86. The predicted octanol–water partition coefficient (Wildman–Crippen LogP) is 1.84. The second kappa shape index (κ2) is 7.51. The van der Waals surface area contributed by atoms with Crippen LogP contribution in [0.25, 0.3) is 0 Å². The van der Waals surface area contributed by atoms with E-state index in [1.54, 1.807) is 0 Å². The van der Waals surface area contributed by atoms with Gasteiger partial charge in [-0.15, -0.1) is 0 Å². The fraction of sp³-hybridized carbons (Fsp3) is 0.533. The van der Waals surface area contributed by atoms with Crippen molar-refractivity contribution in [3.8, 4) is 5.75 Å². The molecule has 1 aromatic carbocycles. The molecule has 0 aromatic heterocycles. The van der Waals surface area contributed by atoms with Gasteiger partial charge >= 0.3 is 0 Å². The van der Waals surface area contributed by atoms with E-state index < -0.39 is 9.05 Å². The summed E-state index contributed by atoms with van der Waals surface area (Å²) >= 11 is 0. The second-order valence-electron chi connectivity index (χ2n) is 5.43. The molecule has 0 saturated carbocycles. The highest BCUT2D eigenvalue weighted by Crippen LogP contribution is 2.24. The Morgan fingerprint density at radius 1 is 1.48 bits per heavy atom. The third kappa shape index (κ3) is 4.37. The molecule has 8 heteroatoms. The molecule has 1 amide bonds. The van der Waals surface area contributed by atoms with Gasteiger partial charge in [-0.3, -0.25) is 9.69 Å². The molecule has 1 saturated heterocycles. The Morgan fingerprint density at radius 3 is 2.83 bits per heavy atom. The minimum atomic E-state index is -3.90. The molecule has 6 nitrogen and oxygen atoms in total. The van der Waals surface area contributed by atoms with Crippen LogP contribution in [0.3, 0.4) is 0 Å². The molecule has 0 radical (unpaired) electrons. The maximum atomic E-state index is 12.4. The third-order valence-electron chi connectivity index (χ3n) is 4.10. The molecule has 1 unspecified atom stereocenters. The van der Waals surface area contributed by atoms with E-state index in [4.69, 9.17) is 15.4 Å². The Morgan fingerprint density at radius 2 is 2.22 bits per heavy atom. The number of halogens is 1. The number of likely N-dealkylation sites (tertiary alicyclic amines) is 1. The van der Waals surface area contributed by atoms with Crippen LogP contribution >= 0.6 is 10.7 Å². The van der Waals surface area contributed by atoms with Crippen molar-refractivity contribution < 1.29 is 17.9 Å². The van der Waals surface area contributed by atoms with E-state index in [2.05, 4.69) is 17.1 Å². The average Bonchev–Trinajstić information content (AvgIpc) is 2.98. The highest BCUT2D eigenvalue weighted by Gasteiger charge is 2.24. The van der Waals surface area contributed by atoms with Gasteiger partial charge in [-0.25, -0.2) is 8.42 Å². The van der Waals surface area contributed by atoms with E-state index in [1.165, 1.54) is 25.3 Å². The number of ether oxygens (including phenoxy) is 1. The summed E-state index contributed by atoms with van der Waals surface area (Å²) in [7, 11) is 2.87. The van der Waals surface area contributed by atoms with E-state index in [9.17, 15) is 13.2 Å². The van der Waals surface area contributed by atoms with E-state index >= 15 is 0 Å². The number of benzene rings is 1. The van der Waals surface area contributed by atoms with Gasteiger partial charge in [0, 0.05) is 23.3 Å². The number of hydrogen-bond donors (Lipinski definition) is 1. The molecule has 23 heavy (non-hydrogen) atoms. The Kier molecular flexibility index (Phi) is 5.89. The van der Waals surface area contributed by atoms with E-state index in [1.807, 2.05) is 0 Å². The van der Waals surface area contributed by atoms with Crippen LogP contribution in [-0.2, 0) is 9.05 Å². The lowest BCUT2D eigenvalue weighted by Gasteiger charge is -2.23. The van der Waals surface area contributed by atoms with Gasteiger partial charge in [-0.2, -0.15) is 0 Å². The molecule has 1 fully saturated rings. The number of hydrogen-bond acceptors (Lipinski definition) is 5. The summed E-state index contributed by atoms with van der Waals surface area (Å²) < 4.78 is 28.0. The molecule has 0 spiro atoms. The molecule has 128 valence electrons. The van der Waals surface area contributed by atoms with Crippen molar-refractivity contribution in [3.05, 3.63) is 23.8 Å². The number of nitrogens with one attached hydrogen (secondary N) is 1. The number of nitrogens with zero attached hydrogens (tertiary/aromatic N) is 1. The topological polar surface area (TPSA) is 75.7 Å². The third-order valence-corrected chi connectivity index (χ3v) is 5.45. The number of likely N-dealkylation sites (N-methyl/N-ethyl adjacent to an activating group) is 1. The summed E-state index contributed by atoms with van der Waals surface area (Å²) in [6.45, 7) is 4.61. The van der Waals surface area contributed by atoms with Gasteiger partial charge in [-0.05, 0) is 44.1 Å². The zero-order chi connectivity index (χ0) is 17.0. The highest BCUT2D eigenvalue weighted by molar-refractivity contribution is 8.13. The number of methoxy groups -OCH3 is 1. The molecule has 1 heterocycles. The first-order valence-electron chi connectivity index (χ1n) is 7.51. The van der Waals surface area contributed by atoms with Gasteiger partial charge < -0.3 is 10.1 Å². The van der Waals surface area contributed by atoms with Crippen LogP contribution in [-0.4, -0.2) is 52.0 Å². The van der Waals surface area contributed by atoms with Crippen molar-refractivity contribution >= 4 is 25.6 Å². The number of carbonyl (C=O) groups is 1. The molecule has 1 atom stereocenters. The first-order chi connectivity index (χ1) is 10.9. The van der Waals surface area contributed by atoms with Gasteiger partial charge in [0.25, 0.3) is 15.0 Å². The lowest BCUT2D eigenvalue weighted by atomic mass is 10.1. The van der Waals surface area contributed by atoms with E-state index in [0.717, 1.165) is 25.9 Å². The maximum absolute atomic E-state index is 12.4. The zero-order valence-electron chi connectivity index (χ0n) is 13.2. The minimum absolute atomic E-state index is 0.124. The molecular weight excluding hydrogens is 340 g/mol. The van der Waals surface area contributed by atoms with Crippen molar-refractivity contribution in [3.63, 3.8) is 0 Å². The molecule has 1 N–H and O–H groups in total. The highest BCUT2D eigenvalue weighted by atomic mass is 35.7. The summed E-state index contributed by atoms with van der Waals surface area (Å²) in [5.74, 6) is -0.0581. The van der Waals surface area contributed by atoms with Crippen LogP contribution in [0.1, 0.15) is 30.1 Å². The second-order valence-corrected chi connectivity index (χ2v) is 8.00. The van der Waals surface area contributed by atoms with E-state index in [0.29, 0.717) is 18.3 Å². The fourth-order valence-corrected chi connectivity index (χ4v) is 3.64. The molecule has 1 aliphatic rings. The summed E-state index contributed by atoms with van der Waals surface area (Å²) in [5.41, 5.74) is 0.162. The normalized spacial score (nSPS) is 18.8. The smallest absolute Gasteiger partial charge is 0.261 e. The first-order valence-corrected chi connectivity index (χ1v) is 9.82. The van der Waals surface area contributed by atoms with Crippen molar-refractivity contribution in [2.45, 2.75) is 30.7 Å². The van der Waals surface area contributed by atoms with Crippen LogP contribution in [0, 0.1) is 0 Å². The fourth-order valence-electron chi connectivity index (χ4n) is 2.86. The Bertz CT molecular complexity index is 678. The number of rotatable bonds is 6. The number of carbonyl (C=O) groups excluding carboxylic acids is 1. The quantitative estimate of drug-likeness (QED) is 0.783. The Balaban J connectivity index is 2.14. The van der Waals surface area contributed by atoms with Crippen molar-refractivity contribution in [1.82, 2.24) is 10.2 Å². The van der Waals surface area contributed by atoms with Crippen LogP contribution < -0.4 is 10.1 Å². The number of amides is 1. The van der Waals surface area contributed by atoms with E-state index in [-0.39, 0.29) is 16.4 Å². The van der Waals surface area contributed by atoms with Gasteiger partial charge in [0.15, 0.2) is 0 Å². The lowest BCUT2D eigenvalue weighted by Crippen LogP contribution is -2.40. The lowest BCUT2D eigenvalue weighted by molar-refractivity contribution is 0.0938. The first kappa shape index (κ1) is 18.0. The van der Waals surface area contributed by atoms with Gasteiger partial charge in [-0.1, -0.05) is 6.92 Å². The monoisotopic (exact) mass is 360 g/mol. The molecule has 2 rings (SSSR count). The van der Waals surface area contributed by atoms with Crippen molar-refractivity contribution in [1.29, 1.82) is 0 Å². The predicted molar refractivity (Wildman–Crippen MR) is 88.6 cm³/mol. The van der Waals surface area contributed by atoms with Crippen molar-refractivity contribution in [2.24, 2.45) is 0 Å². The summed E-state index contributed by atoms with van der Waals surface area (Å²) in [6, 6.07) is 4.30.